The number of benzene rings is 1. The van der Waals surface area contributed by atoms with Crippen LogP contribution in [0.4, 0.5) is 0 Å². The lowest BCUT2D eigenvalue weighted by Gasteiger charge is -2.20. The Balaban J connectivity index is 2.20. The van der Waals surface area contributed by atoms with E-state index in [1.54, 1.807) is 28.4 Å². The van der Waals surface area contributed by atoms with E-state index in [9.17, 15) is 9.59 Å². The fourth-order valence-corrected chi connectivity index (χ4v) is 2.75. The molecule has 0 atom stereocenters. The van der Waals surface area contributed by atoms with Crippen molar-refractivity contribution in [2.75, 3.05) is 13.1 Å². The molecule has 6 heteroatoms. The van der Waals surface area contributed by atoms with Gasteiger partial charge in [-0.3, -0.25) is 9.59 Å². The van der Waals surface area contributed by atoms with E-state index in [4.69, 9.17) is 5.11 Å². The Morgan fingerprint density at radius 2 is 2.14 bits per heavy atom. The first-order valence-corrected chi connectivity index (χ1v) is 7.93. The minimum absolute atomic E-state index is 0.0510. The highest BCUT2D eigenvalue weighted by Gasteiger charge is 2.16. The Morgan fingerprint density at radius 1 is 1.36 bits per heavy atom. The molecule has 5 nitrogen and oxygen atoms in total. The van der Waals surface area contributed by atoms with Crippen molar-refractivity contribution in [1.82, 2.24) is 9.88 Å². The first kappa shape index (κ1) is 16.2. The molecule has 0 spiro atoms. The van der Waals surface area contributed by atoms with Gasteiger partial charge in [-0.05, 0) is 26.0 Å². The van der Waals surface area contributed by atoms with Gasteiger partial charge < -0.3 is 10.0 Å². The standard InChI is InChI=1S/C16H18N2O3S/c1-3-18(8-7-15(19)20)16(21)13-6-4-5-12(9-13)14-10-22-11(2)17-14/h4-6,9-10H,3,7-8H2,1-2H3,(H,19,20). The number of carboxylic acids is 1. The van der Waals surface area contributed by atoms with Crippen LogP contribution in [0.2, 0.25) is 0 Å². The van der Waals surface area contributed by atoms with Gasteiger partial charge in [0, 0.05) is 29.6 Å². The van der Waals surface area contributed by atoms with Crippen LogP contribution < -0.4 is 0 Å². The van der Waals surface area contributed by atoms with E-state index < -0.39 is 5.97 Å². The fraction of sp³-hybridized carbons (Fsp3) is 0.312. The fourth-order valence-electron chi connectivity index (χ4n) is 2.12. The summed E-state index contributed by atoms with van der Waals surface area (Å²) in [6.45, 7) is 4.47. The van der Waals surface area contributed by atoms with E-state index in [1.807, 2.05) is 31.4 Å². The van der Waals surface area contributed by atoms with E-state index >= 15 is 0 Å². The van der Waals surface area contributed by atoms with Crippen LogP contribution >= 0.6 is 11.3 Å². The number of carbonyl (C=O) groups excluding carboxylic acids is 1. The Kier molecular flexibility index (Phi) is 5.27. The molecule has 0 aliphatic heterocycles. The molecule has 0 unspecified atom stereocenters. The predicted octanol–water partition coefficient (Wildman–Crippen LogP) is 3.06. The van der Waals surface area contributed by atoms with Crippen LogP contribution in [0.3, 0.4) is 0 Å². The molecule has 0 bridgehead atoms. The molecule has 0 saturated carbocycles. The summed E-state index contributed by atoms with van der Waals surface area (Å²) >= 11 is 1.56. The maximum atomic E-state index is 12.5. The molecule has 116 valence electrons. The number of hydrogen-bond acceptors (Lipinski definition) is 4. The average Bonchev–Trinajstić information content (AvgIpc) is 2.94. The minimum atomic E-state index is -0.905. The number of carboxylic acid groups (broad SMARTS) is 1. The van der Waals surface area contributed by atoms with Crippen molar-refractivity contribution in [3.8, 4) is 11.3 Å². The number of aromatic nitrogens is 1. The van der Waals surface area contributed by atoms with Crippen LogP contribution in [0.5, 0.6) is 0 Å². The van der Waals surface area contributed by atoms with Crippen molar-refractivity contribution in [2.45, 2.75) is 20.3 Å². The summed E-state index contributed by atoms with van der Waals surface area (Å²) in [6, 6.07) is 7.29. The average molecular weight is 318 g/mol. The van der Waals surface area contributed by atoms with Gasteiger partial charge in [0.25, 0.3) is 5.91 Å². The van der Waals surface area contributed by atoms with Crippen LogP contribution in [0.1, 0.15) is 28.7 Å². The summed E-state index contributed by atoms with van der Waals surface area (Å²) in [6.07, 6.45) is -0.0510. The second kappa shape index (κ2) is 7.17. The van der Waals surface area contributed by atoms with E-state index in [0.717, 1.165) is 16.3 Å². The van der Waals surface area contributed by atoms with Gasteiger partial charge >= 0.3 is 5.97 Å². The lowest BCUT2D eigenvalue weighted by Crippen LogP contribution is -2.32. The number of hydrogen-bond donors (Lipinski definition) is 1. The maximum Gasteiger partial charge on any atom is 0.305 e. The molecular weight excluding hydrogens is 300 g/mol. The highest BCUT2D eigenvalue weighted by Crippen LogP contribution is 2.23. The van der Waals surface area contributed by atoms with Crippen molar-refractivity contribution in [3.63, 3.8) is 0 Å². The number of aryl methyl sites for hydroxylation is 1. The highest BCUT2D eigenvalue weighted by molar-refractivity contribution is 7.09. The van der Waals surface area contributed by atoms with E-state index in [0.29, 0.717) is 12.1 Å². The molecule has 22 heavy (non-hydrogen) atoms. The molecule has 1 aromatic heterocycles. The molecule has 0 saturated heterocycles. The molecule has 2 aromatic rings. The van der Waals surface area contributed by atoms with Crippen LogP contribution in [0.25, 0.3) is 11.3 Å². The Bertz CT molecular complexity index is 682. The summed E-state index contributed by atoms with van der Waals surface area (Å²) < 4.78 is 0. The summed E-state index contributed by atoms with van der Waals surface area (Å²) in [4.78, 5) is 29.1. The third-order valence-electron chi connectivity index (χ3n) is 3.29. The lowest BCUT2D eigenvalue weighted by molar-refractivity contribution is -0.137. The molecule has 0 aliphatic rings. The summed E-state index contributed by atoms with van der Waals surface area (Å²) in [7, 11) is 0. The predicted molar refractivity (Wildman–Crippen MR) is 86.1 cm³/mol. The number of amides is 1. The van der Waals surface area contributed by atoms with Gasteiger partial charge in [0.05, 0.1) is 17.1 Å². The van der Waals surface area contributed by atoms with E-state index in [2.05, 4.69) is 4.98 Å². The van der Waals surface area contributed by atoms with Gasteiger partial charge in [0.15, 0.2) is 0 Å². The van der Waals surface area contributed by atoms with Crippen molar-refractivity contribution >= 4 is 23.2 Å². The second-order valence-corrected chi connectivity index (χ2v) is 5.92. The molecule has 1 aromatic carbocycles. The Labute approximate surface area is 133 Å². The van der Waals surface area contributed by atoms with Crippen LogP contribution in [-0.2, 0) is 4.79 Å². The van der Waals surface area contributed by atoms with E-state index in [-0.39, 0.29) is 18.9 Å². The third kappa shape index (κ3) is 3.92. The summed E-state index contributed by atoms with van der Waals surface area (Å²) in [5, 5.41) is 11.7. The maximum absolute atomic E-state index is 12.5. The molecule has 0 radical (unpaired) electrons. The monoisotopic (exact) mass is 318 g/mol. The largest absolute Gasteiger partial charge is 0.481 e. The molecule has 1 amide bonds. The molecule has 2 rings (SSSR count). The Hall–Kier alpha value is -2.21. The first-order valence-electron chi connectivity index (χ1n) is 7.05. The SMILES string of the molecule is CCN(CCC(=O)O)C(=O)c1cccc(-c2csc(C)n2)c1. The number of thiazole rings is 1. The van der Waals surface area contributed by atoms with Crippen LogP contribution in [0, 0.1) is 6.92 Å². The zero-order chi connectivity index (χ0) is 16.1. The number of aliphatic carboxylic acids is 1. The van der Waals surface area contributed by atoms with Crippen molar-refractivity contribution < 1.29 is 14.7 Å². The molecule has 0 aliphatic carbocycles. The van der Waals surface area contributed by atoms with Crippen LogP contribution in [-0.4, -0.2) is 40.0 Å². The van der Waals surface area contributed by atoms with Gasteiger partial charge in [0.2, 0.25) is 0 Å². The quantitative estimate of drug-likeness (QED) is 0.888. The van der Waals surface area contributed by atoms with Gasteiger partial charge in [-0.2, -0.15) is 0 Å². The second-order valence-electron chi connectivity index (χ2n) is 4.86. The van der Waals surface area contributed by atoms with Crippen LogP contribution in [0.15, 0.2) is 29.6 Å². The third-order valence-corrected chi connectivity index (χ3v) is 4.06. The zero-order valence-electron chi connectivity index (χ0n) is 12.6. The lowest BCUT2D eigenvalue weighted by atomic mass is 10.1. The van der Waals surface area contributed by atoms with Gasteiger partial charge in [-0.1, -0.05) is 12.1 Å². The van der Waals surface area contributed by atoms with Gasteiger partial charge in [0.1, 0.15) is 0 Å². The molecule has 1 N–H and O–H groups in total. The minimum Gasteiger partial charge on any atom is -0.481 e. The van der Waals surface area contributed by atoms with Crippen molar-refractivity contribution in [2.24, 2.45) is 0 Å². The van der Waals surface area contributed by atoms with Crippen molar-refractivity contribution in [3.05, 3.63) is 40.2 Å². The zero-order valence-corrected chi connectivity index (χ0v) is 13.4. The van der Waals surface area contributed by atoms with Gasteiger partial charge in [-0.25, -0.2) is 4.98 Å². The molecule has 1 heterocycles. The molecule has 0 fully saturated rings. The highest BCUT2D eigenvalue weighted by atomic mass is 32.1. The molecular formula is C16H18N2O3S. The summed E-state index contributed by atoms with van der Waals surface area (Å²) in [5.41, 5.74) is 2.30. The number of rotatable bonds is 6. The smallest absolute Gasteiger partial charge is 0.305 e. The van der Waals surface area contributed by atoms with E-state index in [1.165, 1.54) is 0 Å². The summed E-state index contributed by atoms with van der Waals surface area (Å²) in [5.74, 6) is -1.06. The van der Waals surface area contributed by atoms with Crippen molar-refractivity contribution in [1.29, 1.82) is 0 Å². The first-order chi connectivity index (χ1) is 10.5. The Morgan fingerprint density at radius 3 is 2.73 bits per heavy atom. The topological polar surface area (TPSA) is 70.5 Å². The number of carbonyl (C=O) groups is 2. The normalized spacial score (nSPS) is 10.5. The van der Waals surface area contributed by atoms with Gasteiger partial charge in [-0.15, -0.1) is 11.3 Å². The number of nitrogens with zero attached hydrogens (tertiary/aromatic N) is 2.